The van der Waals surface area contributed by atoms with Crippen molar-refractivity contribution in [2.45, 2.75) is 33.9 Å². The zero-order chi connectivity index (χ0) is 12.6. The van der Waals surface area contributed by atoms with Crippen LogP contribution in [0.25, 0.3) is 0 Å². The molecule has 92 valence electrons. The Hall–Kier alpha value is -1.82. The Balaban J connectivity index is 2.40. The third-order valence-electron chi connectivity index (χ3n) is 2.75. The maximum absolute atomic E-state index is 9.74. The first kappa shape index (κ1) is 11.7. The van der Waals surface area contributed by atoms with Crippen LogP contribution in [0.15, 0.2) is 4.99 Å². The van der Waals surface area contributed by atoms with Crippen molar-refractivity contribution in [2.24, 2.45) is 4.99 Å². The van der Waals surface area contributed by atoms with Crippen LogP contribution in [0.5, 0.6) is 5.75 Å². The lowest BCUT2D eigenvalue weighted by Gasteiger charge is -2.08. The molecule has 6 heteroatoms. The summed E-state index contributed by atoms with van der Waals surface area (Å²) in [5.74, 6) is 0.773. The van der Waals surface area contributed by atoms with Crippen LogP contribution >= 0.6 is 0 Å². The van der Waals surface area contributed by atoms with Crippen molar-refractivity contribution in [3.8, 4) is 5.75 Å². The molecular weight excluding hydrogens is 220 g/mol. The maximum atomic E-state index is 9.74. The van der Waals surface area contributed by atoms with E-state index in [2.05, 4.69) is 20.8 Å². The van der Waals surface area contributed by atoms with E-state index in [1.165, 1.54) is 0 Å². The minimum Gasteiger partial charge on any atom is -0.506 e. The molecule has 3 N–H and O–H groups in total. The molecule has 6 nitrogen and oxygen atoms in total. The molecule has 0 aromatic carbocycles. The Bertz CT molecular complexity index is 485. The molecule has 0 saturated carbocycles. The topological polar surface area (TPSA) is 78.8 Å². The highest BCUT2D eigenvalue weighted by molar-refractivity contribution is 5.78. The monoisotopic (exact) mass is 236 g/mol. The summed E-state index contributed by atoms with van der Waals surface area (Å²) in [6.07, 6.45) is -0.117. The van der Waals surface area contributed by atoms with Gasteiger partial charge in [0.1, 0.15) is 5.75 Å². The molecule has 1 aliphatic heterocycles. The maximum Gasteiger partial charge on any atom is 0.307 e. The highest BCUT2D eigenvalue weighted by Crippen LogP contribution is 2.29. The van der Waals surface area contributed by atoms with E-state index in [9.17, 15) is 5.11 Å². The zero-order valence-corrected chi connectivity index (χ0v) is 10.3. The predicted octanol–water partition coefficient (Wildman–Crippen LogP) is 1.17. The molecule has 1 aromatic rings. The van der Waals surface area contributed by atoms with Crippen LogP contribution in [-0.4, -0.2) is 22.3 Å². The second kappa shape index (κ2) is 4.21. The average molecular weight is 236 g/mol. The fourth-order valence-electron chi connectivity index (χ4n) is 1.56. The quantitative estimate of drug-likeness (QED) is 0.682. The Kier molecular flexibility index (Phi) is 2.89. The first-order chi connectivity index (χ1) is 7.99. The zero-order valence-electron chi connectivity index (χ0n) is 10.3. The van der Waals surface area contributed by atoms with Gasteiger partial charge in [0, 0.05) is 5.56 Å². The van der Waals surface area contributed by atoms with Crippen LogP contribution in [-0.2, 0) is 4.74 Å². The van der Waals surface area contributed by atoms with Crippen molar-refractivity contribution in [1.29, 1.82) is 0 Å². The van der Waals surface area contributed by atoms with Gasteiger partial charge in [0.2, 0.25) is 0 Å². The predicted molar refractivity (Wildman–Crippen MR) is 64.0 cm³/mol. The number of aromatic hydroxyl groups is 1. The number of aromatic nitrogens is 1. The smallest absolute Gasteiger partial charge is 0.307 e. The van der Waals surface area contributed by atoms with E-state index in [0.29, 0.717) is 17.5 Å². The van der Waals surface area contributed by atoms with Gasteiger partial charge in [-0.05, 0) is 33.3 Å². The van der Waals surface area contributed by atoms with Crippen LogP contribution in [0.1, 0.15) is 23.7 Å². The molecule has 1 atom stereocenters. The third kappa shape index (κ3) is 2.16. The van der Waals surface area contributed by atoms with Gasteiger partial charge in [-0.1, -0.05) is 0 Å². The Morgan fingerprint density at radius 1 is 1.29 bits per heavy atom. The van der Waals surface area contributed by atoms with E-state index >= 15 is 0 Å². The number of nitrogens with zero attached hydrogens (tertiary/aromatic N) is 2. The minimum atomic E-state index is -0.117. The van der Waals surface area contributed by atoms with E-state index in [0.717, 1.165) is 11.1 Å². The van der Waals surface area contributed by atoms with E-state index < -0.39 is 0 Å². The van der Waals surface area contributed by atoms with Crippen LogP contribution in [0.2, 0.25) is 0 Å². The molecule has 1 fully saturated rings. The van der Waals surface area contributed by atoms with Gasteiger partial charge in [0.25, 0.3) is 0 Å². The standard InChI is InChI=1S/C11H16N4O2/c1-5-6(2)10(12-7(3)9(5)16)13-11-15-14-8(4)17-11/h8,14,16H,1-4H3,(H,12,13,15). The Morgan fingerprint density at radius 3 is 2.59 bits per heavy atom. The molecule has 0 bridgehead atoms. The van der Waals surface area contributed by atoms with E-state index in [4.69, 9.17) is 4.74 Å². The summed E-state index contributed by atoms with van der Waals surface area (Å²) in [7, 11) is 0. The van der Waals surface area contributed by atoms with Gasteiger partial charge in [-0.3, -0.25) is 5.43 Å². The molecule has 1 aliphatic rings. The number of pyridine rings is 1. The molecule has 17 heavy (non-hydrogen) atoms. The molecule has 1 unspecified atom stereocenters. The fraction of sp³-hybridized carbons (Fsp3) is 0.455. The summed E-state index contributed by atoms with van der Waals surface area (Å²) >= 11 is 0. The summed E-state index contributed by atoms with van der Waals surface area (Å²) in [6, 6.07) is 0.387. The molecule has 0 radical (unpaired) electrons. The summed E-state index contributed by atoms with van der Waals surface area (Å²) in [5, 5.41) is 9.74. The summed E-state index contributed by atoms with van der Waals surface area (Å²) in [5.41, 5.74) is 7.87. The van der Waals surface area contributed by atoms with Gasteiger partial charge < -0.3 is 9.84 Å². The molecule has 2 rings (SSSR count). The van der Waals surface area contributed by atoms with Crippen LogP contribution in [0, 0.1) is 20.8 Å². The first-order valence-corrected chi connectivity index (χ1v) is 5.42. The van der Waals surface area contributed by atoms with Gasteiger partial charge >= 0.3 is 6.02 Å². The number of aliphatic imine (C=N–C) groups is 1. The average Bonchev–Trinajstić information content (AvgIpc) is 2.69. The van der Waals surface area contributed by atoms with Gasteiger partial charge in [0.15, 0.2) is 12.0 Å². The fourth-order valence-corrected chi connectivity index (χ4v) is 1.56. The number of hydrogen-bond donors (Lipinski definition) is 3. The van der Waals surface area contributed by atoms with E-state index in [-0.39, 0.29) is 12.0 Å². The number of amidine groups is 1. The second-order valence-corrected chi connectivity index (χ2v) is 4.07. The van der Waals surface area contributed by atoms with Crippen molar-refractivity contribution in [2.75, 3.05) is 0 Å². The highest BCUT2D eigenvalue weighted by Gasteiger charge is 2.17. The van der Waals surface area contributed by atoms with Crippen LogP contribution < -0.4 is 10.9 Å². The van der Waals surface area contributed by atoms with Crippen LogP contribution in [0.4, 0.5) is 5.82 Å². The number of aryl methyl sites for hydroxylation is 1. The van der Waals surface area contributed by atoms with Crippen molar-refractivity contribution < 1.29 is 9.84 Å². The summed E-state index contributed by atoms with van der Waals surface area (Å²) in [6.45, 7) is 7.32. The molecule has 1 saturated heterocycles. The lowest BCUT2D eigenvalue weighted by atomic mass is 10.1. The summed E-state index contributed by atoms with van der Waals surface area (Å²) < 4.78 is 5.36. The largest absolute Gasteiger partial charge is 0.506 e. The highest BCUT2D eigenvalue weighted by atomic mass is 16.5. The van der Waals surface area contributed by atoms with Crippen molar-refractivity contribution in [3.63, 3.8) is 0 Å². The SMILES string of the molecule is Cc1nc(N=C2NNC(C)O2)c(C)c(C)c1O. The van der Waals surface area contributed by atoms with E-state index in [1.807, 2.05) is 20.8 Å². The van der Waals surface area contributed by atoms with Crippen molar-refractivity contribution in [1.82, 2.24) is 15.8 Å². The van der Waals surface area contributed by atoms with Crippen molar-refractivity contribution >= 4 is 11.8 Å². The Labute approximate surface area is 99.7 Å². The van der Waals surface area contributed by atoms with Gasteiger partial charge in [-0.15, -0.1) is 0 Å². The van der Waals surface area contributed by atoms with Crippen LogP contribution in [0.3, 0.4) is 0 Å². The van der Waals surface area contributed by atoms with Gasteiger partial charge in [-0.25, -0.2) is 4.98 Å². The first-order valence-electron chi connectivity index (χ1n) is 5.42. The molecule has 0 spiro atoms. The molecule has 1 aromatic heterocycles. The molecule has 0 aliphatic carbocycles. The van der Waals surface area contributed by atoms with E-state index in [1.54, 1.807) is 6.92 Å². The third-order valence-corrected chi connectivity index (χ3v) is 2.75. The lowest BCUT2D eigenvalue weighted by Crippen LogP contribution is -2.29. The number of rotatable bonds is 1. The van der Waals surface area contributed by atoms with Crippen molar-refractivity contribution in [3.05, 3.63) is 16.8 Å². The normalized spacial score (nSPS) is 21.4. The second-order valence-electron chi connectivity index (χ2n) is 4.07. The molecule has 0 amide bonds. The number of hydrogen-bond acceptors (Lipinski definition) is 5. The lowest BCUT2D eigenvalue weighted by molar-refractivity contribution is 0.217. The molecule has 2 heterocycles. The Morgan fingerprint density at radius 2 is 2.00 bits per heavy atom. The number of hydrazine groups is 1. The number of ether oxygens (including phenoxy) is 1. The van der Waals surface area contributed by atoms with Gasteiger partial charge in [-0.2, -0.15) is 10.4 Å². The summed E-state index contributed by atoms with van der Waals surface area (Å²) in [4.78, 5) is 8.51. The number of nitrogens with one attached hydrogen (secondary N) is 2. The molecular formula is C11H16N4O2. The van der Waals surface area contributed by atoms with Gasteiger partial charge in [0.05, 0.1) is 5.69 Å². The minimum absolute atomic E-state index is 0.117.